The van der Waals surface area contributed by atoms with Gasteiger partial charge >= 0.3 is 5.97 Å². The van der Waals surface area contributed by atoms with Crippen molar-refractivity contribution in [1.82, 2.24) is 10.2 Å². The minimum absolute atomic E-state index is 0.000278. The zero-order valence-electron chi connectivity index (χ0n) is 23.5. The Morgan fingerprint density at radius 2 is 1.00 bits per heavy atom. The molecule has 0 atom stereocenters. The van der Waals surface area contributed by atoms with E-state index in [0.29, 0.717) is 12.0 Å². The molecule has 0 aromatic heterocycles. The maximum Gasteiger partial charge on any atom is 0.307 e. The highest BCUT2D eigenvalue weighted by atomic mass is 35.5. The molecule has 2 fully saturated rings. The summed E-state index contributed by atoms with van der Waals surface area (Å²) < 4.78 is 0. The van der Waals surface area contributed by atoms with E-state index in [0.717, 1.165) is 37.1 Å². The van der Waals surface area contributed by atoms with Crippen LogP contribution in [0.5, 0.6) is 17.2 Å². The van der Waals surface area contributed by atoms with Crippen LogP contribution in [0.4, 0.5) is 0 Å². The van der Waals surface area contributed by atoms with Gasteiger partial charge in [-0.2, -0.15) is 0 Å². The second-order valence-electron chi connectivity index (χ2n) is 9.82. The highest BCUT2D eigenvalue weighted by Crippen LogP contribution is 2.14. The molecule has 2 aliphatic rings. The first-order chi connectivity index (χ1) is 20.1. The molecule has 5 rings (SSSR count). The highest BCUT2D eigenvalue weighted by Gasteiger charge is 2.17. The van der Waals surface area contributed by atoms with Crippen molar-refractivity contribution in [3.63, 3.8) is 0 Å². The number of nitrogens with one attached hydrogen (secondary N) is 1. The van der Waals surface area contributed by atoms with Crippen molar-refractivity contribution in [2.75, 3.05) is 26.2 Å². The molecule has 0 unspecified atom stereocenters. The number of carboxylic acids is 1. The zero-order chi connectivity index (χ0) is 30.7. The largest absolute Gasteiger partial charge is 0.508 e. The number of benzene rings is 3. The van der Waals surface area contributed by atoms with Gasteiger partial charge in [0.1, 0.15) is 17.2 Å². The van der Waals surface area contributed by atoms with E-state index < -0.39 is 11.2 Å². The van der Waals surface area contributed by atoms with Crippen LogP contribution in [0, 0.1) is 0 Å². The molecule has 0 saturated carbocycles. The van der Waals surface area contributed by atoms with Crippen LogP contribution < -0.4 is 5.32 Å². The number of likely N-dealkylation sites (tertiary alicyclic amines) is 1. The average molecular weight is 599 g/mol. The van der Waals surface area contributed by atoms with Crippen molar-refractivity contribution in [2.45, 2.75) is 44.9 Å². The van der Waals surface area contributed by atoms with Gasteiger partial charge in [0.2, 0.25) is 11.1 Å². The van der Waals surface area contributed by atoms with Gasteiger partial charge in [0.05, 0.1) is 12.8 Å². The molecule has 2 heterocycles. The van der Waals surface area contributed by atoms with E-state index in [1.165, 1.54) is 50.2 Å². The molecule has 9 nitrogen and oxygen atoms in total. The third kappa shape index (κ3) is 15.1. The fourth-order valence-corrected chi connectivity index (χ4v) is 4.21. The Balaban J connectivity index is 0.000000206. The Bertz CT molecular complexity index is 1160. The van der Waals surface area contributed by atoms with E-state index in [2.05, 4.69) is 5.32 Å². The number of phenolic OH excluding ortho intramolecular Hbond substituents is 3. The number of phenols is 3. The summed E-state index contributed by atoms with van der Waals surface area (Å²) >= 11 is 5.15. The van der Waals surface area contributed by atoms with Crippen molar-refractivity contribution in [2.24, 2.45) is 0 Å². The third-order valence-corrected chi connectivity index (χ3v) is 6.41. The van der Waals surface area contributed by atoms with Gasteiger partial charge in [0, 0.05) is 19.5 Å². The summed E-state index contributed by atoms with van der Waals surface area (Å²) in [5.74, 6) is -0.0869. The fraction of sp³-hybridized carbons (Fsp3) is 0.344. The van der Waals surface area contributed by atoms with Crippen LogP contribution in [-0.4, -0.2) is 68.6 Å². The Morgan fingerprint density at radius 1 is 0.619 bits per heavy atom. The topological polar surface area (TPSA) is 147 Å². The number of carbonyl (C=O) groups excluding carboxylic acids is 2. The number of aliphatic carboxylic acids is 1. The number of hydrogen-bond acceptors (Lipinski definition) is 7. The average Bonchev–Trinajstić information content (AvgIpc) is 3.71. The number of halogens is 1. The van der Waals surface area contributed by atoms with Crippen LogP contribution in [-0.2, 0) is 33.6 Å². The lowest BCUT2D eigenvalue weighted by Gasteiger charge is -2.14. The van der Waals surface area contributed by atoms with Gasteiger partial charge < -0.3 is 30.6 Å². The van der Waals surface area contributed by atoms with Crippen molar-refractivity contribution >= 4 is 28.7 Å². The van der Waals surface area contributed by atoms with E-state index in [1.54, 1.807) is 48.5 Å². The standard InChI is InChI=1S/C12H15NO2.C8H7ClO2.C8H8O3.C4H9N/c14-11-5-3-10(4-6-11)9-12(15)13-7-1-2-8-13;9-8(11)5-6-1-3-7(10)4-2-6;9-7-3-1-6(2-4-7)5-8(10)11;1-2-4-5-3-1/h3-6,14H,1-2,7-9H2;1-4,10H,5H2;1-4,9H,5H2,(H,10,11);5H,1-4H2. The highest BCUT2D eigenvalue weighted by molar-refractivity contribution is 6.63. The maximum atomic E-state index is 11.8. The number of amides is 1. The summed E-state index contributed by atoms with van der Waals surface area (Å²) in [4.78, 5) is 34.3. The van der Waals surface area contributed by atoms with Crippen molar-refractivity contribution in [3.8, 4) is 17.2 Å². The van der Waals surface area contributed by atoms with Crippen molar-refractivity contribution < 1.29 is 34.8 Å². The first-order valence-electron chi connectivity index (χ1n) is 13.8. The van der Waals surface area contributed by atoms with Gasteiger partial charge in [-0.3, -0.25) is 14.4 Å². The van der Waals surface area contributed by atoms with Gasteiger partial charge in [0.25, 0.3) is 0 Å². The fourth-order valence-electron chi connectivity index (χ4n) is 4.05. The molecule has 0 radical (unpaired) electrons. The Hall–Kier alpha value is -4.08. The molecule has 0 spiro atoms. The van der Waals surface area contributed by atoms with Crippen LogP contribution >= 0.6 is 11.6 Å². The predicted molar refractivity (Wildman–Crippen MR) is 162 cm³/mol. The summed E-state index contributed by atoms with van der Waals surface area (Å²) in [5, 5.41) is 38.0. The predicted octanol–water partition coefficient (Wildman–Crippen LogP) is 4.65. The van der Waals surface area contributed by atoms with Crippen LogP contribution in [0.15, 0.2) is 72.8 Å². The van der Waals surface area contributed by atoms with Crippen LogP contribution in [0.3, 0.4) is 0 Å². The molecular weight excluding hydrogens is 560 g/mol. The molecule has 0 aliphatic carbocycles. The van der Waals surface area contributed by atoms with Crippen LogP contribution in [0.2, 0.25) is 0 Å². The second-order valence-corrected chi connectivity index (χ2v) is 10.2. The SMILES string of the molecule is C1CCNC1.O=C(Cc1ccc(O)cc1)N1CCCC1.O=C(Cl)Cc1ccc(O)cc1.O=C(O)Cc1ccc(O)cc1. The van der Waals surface area contributed by atoms with E-state index in [-0.39, 0.29) is 36.0 Å². The van der Waals surface area contributed by atoms with E-state index in [1.807, 2.05) is 4.90 Å². The number of carbonyl (C=O) groups is 3. The summed E-state index contributed by atoms with van der Waals surface area (Å²) in [6.07, 6.45) is 5.69. The van der Waals surface area contributed by atoms with Gasteiger partial charge in [0.15, 0.2) is 0 Å². The Morgan fingerprint density at radius 3 is 1.33 bits per heavy atom. The normalized spacial score (nSPS) is 13.4. The number of aromatic hydroxyl groups is 3. The van der Waals surface area contributed by atoms with Crippen LogP contribution in [0.25, 0.3) is 0 Å². The first-order valence-corrected chi connectivity index (χ1v) is 14.2. The summed E-state index contributed by atoms with van der Waals surface area (Å²) in [7, 11) is 0. The minimum atomic E-state index is -0.865. The van der Waals surface area contributed by atoms with Gasteiger partial charge in [-0.1, -0.05) is 36.4 Å². The van der Waals surface area contributed by atoms with E-state index in [9.17, 15) is 14.4 Å². The summed E-state index contributed by atoms with van der Waals surface area (Å²) in [6.45, 7) is 4.30. The lowest BCUT2D eigenvalue weighted by molar-refractivity contribution is -0.136. The second kappa shape index (κ2) is 19.1. The van der Waals surface area contributed by atoms with E-state index >= 15 is 0 Å². The van der Waals surface area contributed by atoms with E-state index in [4.69, 9.17) is 32.0 Å². The lowest BCUT2D eigenvalue weighted by atomic mass is 10.1. The molecule has 10 heteroatoms. The number of hydrogen-bond donors (Lipinski definition) is 5. The van der Waals surface area contributed by atoms with Crippen molar-refractivity contribution in [3.05, 3.63) is 89.5 Å². The lowest BCUT2D eigenvalue weighted by Crippen LogP contribution is -2.28. The quantitative estimate of drug-likeness (QED) is 0.258. The summed E-state index contributed by atoms with van der Waals surface area (Å²) in [5.41, 5.74) is 2.46. The van der Waals surface area contributed by atoms with Crippen molar-refractivity contribution in [1.29, 1.82) is 0 Å². The molecule has 226 valence electrons. The van der Waals surface area contributed by atoms with Gasteiger partial charge in [-0.15, -0.1) is 0 Å². The molecule has 3 aromatic carbocycles. The third-order valence-electron chi connectivity index (χ3n) is 6.28. The van der Waals surface area contributed by atoms with Gasteiger partial charge in [-0.05, 0) is 103 Å². The molecule has 2 saturated heterocycles. The molecule has 3 aromatic rings. The molecule has 42 heavy (non-hydrogen) atoms. The minimum Gasteiger partial charge on any atom is -0.508 e. The van der Waals surface area contributed by atoms with Gasteiger partial charge in [-0.25, -0.2) is 0 Å². The first kappa shape index (κ1) is 34.1. The molecular formula is C32H39ClN2O7. The smallest absolute Gasteiger partial charge is 0.307 e. The summed E-state index contributed by atoms with van der Waals surface area (Å²) in [6, 6.07) is 19.3. The maximum absolute atomic E-state index is 11.8. The zero-order valence-corrected chi connectivity index (χ0v) is 24.3. The number of rotatable bonds is 6. The monoisotopic (exact) mass is 598 g/mol. The Kier molecular flexibility index (Phi) is 15.5. The molecule has 2 aliphatic heterocycles. The Labute approximate surface area is 251 Å². The molecule has 1 amide bonds. The van der Waals surface area contributed by atoms with Crippen LogP contribution in [0.1, 0.15) is 42.4 Å². The number of nitrogens with zero attached hydrogens (tertiary/aromatic N) is 1. The number of carboxylic acid groups (broad SMARTS) is 1. The molecule has 0 bridgehead atoms. The molecule has 5 N–H and O–H groups in total.